The van der Waals surface area contributed by atoms with Gasteiger partial charge in [-0.2, -0.15) is 0 Å². The van der Waals surface area contributed by atoms with Gasteiger partial charge in [-0.1, -0.05) is 13.8 Å². The van der Waals surface area contributed by atoms with Gasteiger partial charge < -0.3 is 10.1 Å². The molecule has 1 saturated heterocycles. The Morgan fingerprint density at radius 3 is 2.56 bits per heavy atom. The molecule has 106 valence electrons. The molecule has 1 aliphatic heterocycles. The van der Waals surface area contributed by atoms with Crippen LogP contribution in [0.1, 0.15) is 46.5 Å². The topological polar surface area (TPSA) is 24.5 Å². The first-order valence-corrected chi connectivity index (χ1v) is 7.65. The van der Waals surface area contributed by atoms with Crippen LogP contribution in [0.3, 0.4) is 0 Å². The molecule has 1 N–H and O–H groups in total. The highest BCUT2D eigenvalue weighted by Crippen LogP contribution is 2.27. The molecule has 0 amide bonds. The number of nitrogens with one attached hydrogen (secondary N) is 1. The van der Waals surface area contributed by atoms with Gasteiger partial charge in [0.2, 0.25) is 0 Å². The molecule has 0 aromatic rings. The molecule has 2 fully saturated rings. The largest absolute Gasteiger partial charge is 0.378 e. The minimum Gasteiger partial charge on any atom is -0.378 e. The van der Waals surface area contributed by atoms with Crippen molar-refractivity contribution < 1.29 is 4.74 Å². The summed E-state index contributed by atoms with van der Waals surface area (Å²) < 4.78 is 5.82. The van der Waals surface area contributed by atoms with Crippen LogP contribution >= 0.6 is 0 Å². The predicted octanol–water partition coefficient (Wildman–Crippen LogP) is 2.26. The van der Waals surface area contributed by atoms with Crippen molar-refractivity contribution in [3.05, 3.63) is 0 Å². The predicted molar refractivity (Wildman–Crippen MR) is 75.8 cm³/mol. The summed E-state index contributed by atoms with van der Waals surface area (Å²) in [6.45, 7) is 8.90. The maximum Gasteiger partial charge on any atom is 0.0612 e. The van der Waals surface area contributed by atoms with Crippen molar-refractivity contribution >= 4 is 0 Å². The Morgan fingerprint density at radius 1 is 1.22 bits per heavy atom. The first-order valence-electron chi connectivity index (χ1n) is 7.65. The molecule has 3 nitrogen and oxygen atoms in total. The summed E-state index contributed by atoms with van der Waals surface area (Å²) in [7, 11) is 2.27. The molecule has 2 aliphatic rings. The van der Waals surface area contributed by atoms with Gasteiger partial charge in [0.05, 0.1) is 6.10 Å². The number of hydrogen-bond donors (Lipinski definition) is 1. The van der Waals surface area contributed by atoms with Gasteiger partial charge in [0.15, 0.2) is 0 Å². The van der Waals surface area contributed by atoms with E-state index in [-0.39, 0.29) is 0 Å². The fourth-order valence-electron chi connectivity index (χ4n) is 2.80. The summed E-state index contributed by atoms with van der Waals surface area (Å²) in [6.07, 6.45) is 5.59. The fourth-order valence-corrected chi connectivity index (χ4v) is 2.80. The Labute approximate surface area is 112 Å². The van der Waals surface area contributed by atoms with E-state index in [1.807, 2.05) is 0 Å². The van der Waals surface area contributed by atoms with Gasteiger partial charge in [-0.05, 0) is 45.6 Å². The molecule has 3 heteroatoms. The van der Waals surface area contributed by atoms with Crippen molar-refractivity contribution in [2.24, 2.45) is 5.92 Å². The van der Waals surface area contributed by atoms with E-state index in [1.165, 1.54) is 25.7 Å². The van der Waals surface area contributed by atoms with Gasteiger partial charge >= 0.3 is 0 Å². The second-order valence-corrected chi connectivity index (χ2v) is 6.53. The fraction of sp³-hybridized carbons (Fsp3) is 1.00. The summed E-state index contributed by atoms with van der Waals surface area (Å²) in [5.41, 5.74) is 0. The molecule has 2 rings (SSSR count). The molecule has 18 heavy (non-hydrogen) atoms. The molecule has 0 spiro atoms. The van der Waals surface area contributed by atoms with Crippen LogP contribution < -0.4 is 5.32 Å². The van der Waals surface area contributed by atoms with E-state index in [1.54, 1.807) is 0 Å². The van der Waals surface area contributed by atoms with Crippen LogP contribution in [0, 0.1) is 5.92 Å². The summed E-state index contributed by atoms with van der Waals surface area (Å²) in [5.74, 6) is 0.640. The van der Waals surface area contributed by atoms with Gasteiger partial charge in [-0.25, -0.2) is 0 Å². The molecule has 0 bridgehead atoms. The molecule has 0 aromatic heterocycles. The van der Waals surface area contributed by atoms with Crippen LogP contribution in [-0.2, 0) is 4.74 Å². The molecular weight excluding hydrogens is 224 g/mol. The average molecular weight is 254 g/mol. The highest BCUT2D eigenvalue weighted by molar-refractivity contribution is 4.87. The third kappa shape index (κ3) is 3.94. The number of hydrogen-bond acceptors (Lipinski definition) is 3. The lowest BCUT2D eigenvalue weighted by atomic mass is 9.95. The lowest BCUT2D eigenvalue weighted by Gasteiger charge is -2.34. The summed E-state index contributed by atoms with van der Waals surface area (Å²) in [6, 6.07) is 2.17. The summed E-state index contributed by atoms with van der Waals surface area (Å²) in [5, 5.41) is 3.75. The zero-order valence-electron chi connectivity index (χ0n) is 12.5. The quantitative estimate of drug-likeness (QED) is 0.787. The standard InChI is InChI=1S/C15H30N2O/c1-11(2)15-9-13(7-8-18-15)16-10-12(3)17(4)14-5-6-14/h11-16H,5-10H2,1-4H3. The number of rotatable bonds is 6. The average Bonchev–Trinajstić information content (AvgIpc) is 3.19. The van der Waals surface area contributed by atoms with Crippen LogP contribution in [0.2, 0.25) is 0 Å². The molecule has 1 heterocycles. The van der Waals surface area contributed by atoms with Gasteiger partial charge in [0, 0.05) is 31.3 Å². The Morgan fingerprint density at radius 2 is 1.94 bits per heavy atom. The zero-order chi connectivity index (χ0) is 13.1. The van der Waals surface area contributed by atoms with Crippen LogP contribution in [0.15, 0.2) is 0 Å². The number of nitrogens with zero attached hydrogens (tertiary/aromatic N) is 1. The van der Waals surface area contributed by atoms with E-state index in [4.69, 9.17) is 4.74 Å². The third-order valence-corrected chi connectivity index (χ3v) is 4.58. The van der Waals surface area contributed by atoms with Crippen LogP contribution in [0.4, 0.5) is 0 Å². The molecule has 1 saturated carbocycles. The van der Waals surface area contributed by atoms with Crippen molar-refractivity contribution in [2.45, 2.75) is 70.7 Å². The summed E-state index contributed by atoms with van der Waals surface area (Å²) in [4.78, 5) is 2.53. The maximum absolute atomic E-state index is 5.82. The lowest BCUT2D eigenvalue weighted by Crippen LogP contribution is -2.46. The monoisotopic (exact) mass is 254 g/mol. The first-order chi connectivity index (χ1) is 8.58. The molecule has 3 atom stereocenters. The normalized spacial score (nSPS) is 31.0. The van der Waals surface area contributed by atoms with Gasteiger partial charge in [0.1, 0.15) is 0 Å². The highest BCUT2D eigenvalue weighted by Gasteiger charge is 2.30. The van der Waals surface area contributed by atoms with Crippen molar-refractivity contribution in [2.75, 3.05) is 20.2 Å². The Hall–Kier alpha value is -0.120. The third-order valence-electron chi connectivity index (χ3n) is 4.58. The molecule has 3 unspecified atom stereocenters. The van der Waals surface area contributed by atoms with Gasteiger partial charge in [-0.15, -0.1) is 0 Å². The van der Waals surface area contributed by atoms with E-state index < -0.39 is 0 Å². The van der Waals surface area contributed by atoms with E-state index >= 15 is 0 Å². The van der Waals surface area contributed by atoms with Crippen LogP contribution in [0.25, 0.3) is 0 Å². The SMILES string of the molecule is CC(C)C1CC(NCC(C)N(C)C2CC2)CCO1. The van der Waals surface area contributed by atoms with E-state index in [9.17, 15) is 0 Å². The maximum atomic E-state index is 5.82. The molecular formula is C15H30N2O. The summed E-state index contributed by atoms with van der Waals surface area (Å²) >= 11 is 0. The van der Waals surface area contributed by atoms with Crippen molar-refractivity contribution in [3.63, 3.8) is 0 Å². The smallest absolute Gasteiger partial charge is 0.0612 e. The lowest BCUT2D eigenvalue weighted by molar-refractivity contribution is -0.0249. The number of ether oxygens (including phenoxy) is 1. The van der Waals surface area contributed by atoms with E-state index in [0.29, 0.717) is 24.1 Å². The minimum atomic E-state index is 0.452. The van der Waals surface area contributed by atoms with E-state index in [0.717, 1.165) is 19.2 Å². The zero-order valence-corrected chi connectivity index (χ0v) is 12.5. The Bertz CT molecular complexity index is 253. The van der Waals surface area contributed by atoms with Gasteiger partial charge in [-0.3, -0.25) is 4.90 Å². The molecule has 1 aliphatic carbocycles. The van der Waals surface area contributed by atoms with Crippen molar-refractivity contribution in [1.29, 1.82) is 0 Å². The van der Waals surface area contributed by atoms with Crippen molar-refractivity contribution in [1.82, 2.24) is 10.2 Å². The molecule has 0 aromatic carbocycles. The highest BCUT2D eigenvalue weighted by atomic mass is 16.5. The van der Waals surface area contributed by atoms with E-state index in [2.05, 4.69) is 38.0 Å². The second kappa shape index (κ2) is 6.36. The second-order valence-electron chi connectivity index (χ2n) is 6.53. The first kappa shape index (κ1) is 14.3. The Kier molecular flexibility index (Phi) is 5.05. The molecule has 0 radical (unpaired) electrons. The minimum absolute atomic E-state index is 0.452. The van der Waals surface area contributed by atoms with Gasteiger partial charge in [0.25, 0.3) is 0 Å². The Balaban J connectivity index is 1.69. The van der Waals surface area contributed by atoms with Crippen molar-refractivity contribution in [3.8, 4) is 0 Å². The van der Waals surface area contributed by atoms with Crippen LogP contribution in [-0.4, -0.2) is 49.3 Å². The number of likely N-dealkylation sites (N-methyl/N-ethyl adjacent to an activating group) is 1. The van der Waals surface area contributed by atoms with Crippen LogP contribution in [0.5, 0.6) is 0 Å².